The lowest BCUT2D eigenvalue weighted by Gasteiger charge is -2.15. The molecule has 3 rings (SSSR count). The molecule has 0 aliphatic carbocycles. The summed E-state index contributed by atoms with van der Waals surface area (Å²) >= 11 is 3.53. The molecule has 30 heavy (non-hydrogen) atoms. The van der Waals surface area contributed by atoms with Crippen molar-refractivity contribution in [3.05, 3.63) is 52.6 Å². The van der Waals surface area contributed by atoms with E-state index in [9.17, 15) is 8.42 Å². The van der Waals surface area contributed by atoms with Crippen LogP contribution in [0.1, 0.15) is 5.56 Å². The Balaban J connectivity index is 1.68. The summed E-state index contributed by atoms with van der Waals surface area (Å²) in [6.45, 7) is 8.23. The van der Waals surface area contributed by atoms with Crippen LogP contribution in [0, 0.1) is 0 Å². The number of halogens is 1. The van der Waals surface area contributed by atoms with Crippen molar-refractivity contribution in [2.75, 3.05) is 18.2 Å². The zero-order valence-electron chi connectivity index (χ0n) is 17.8. The molecule has 0 atom stereocenters. The van der Waals surface area contributed by atoms with Gasteiger partial charge in [-0.1, -0.05) is 25.7 Å². The number of anilines is 2. The lowest BCUT2D eigenvalue weighted by atomic mass is 10.2. The molecule has 162 valence electrons. The van der Waals surface area contributed by atoms with E-state index >= 15 is 0 Å². The number of hydrogen-bond acceptors (Lipinski definition) is 5. The predicted molar refractivity (Wildman–Crippen MR) is 130 cm³/mol. The Hall–Kier alpha value is -1.68. The number of nitrogens with zero attached hydrogens (tertiary/aromatic N) is 2. The zero-order valence-corrected chi connectivity index (χ0v) is 21.2. The summed E-state index contributed by atoms with van der Waals surface area (Å²) in [6.07, 6.45) is 3.08. The molecule has 0 radical (unpaired) electrons. The van der Waals surface area contributed by atoms with E-state index < -0.39 is 17.9 Å². The minimum Gasteiger partial charge on any atom is -0.360 e. The summed E-state index contributed by atoms with van der Waals surface area (Å²) < 4.78 is 31.5. The van der Waals surface area contributed by atoms with Crippen LogP contribution in [0.25, 0.3) is 10.9 Å². The second-order valence-corrected chi connectivity index (χ2v) is 17.4. The first-order chi connectivity index (χ1) is 14.0. The quantitative estimate of drug-likeness (QED) is 0.308. The molecule has 0 aliphatic rings. The summed E-state index contributed by atoms with van der Waals surface area (Å²) in [5, 5.41) is 8.85. The molecule has 1 aromatic heterocycles. The van der Waals surface area contributed by atoms with Crippen molar-refractivity contribution in [3.8, 4) is 0 Å². The fourth-order valence-electron chi connectivity index (χ4n) is 3.01. The van der Waals surface area contributed by atoms with Crippen LogP contribution in [0.15, 0.2) is 47.1 Å². The van der Waals surface area contributed by atoms with Gasteiger partial charge in [0.05, 0.1) is 23.2 Å². The molecular weight excluding hydrogens is 482 g/mol. The highest BCUT2D eigenvalue weighted by Gasteiger charge is 2.13. The highest BCUT2D eigenvalue weighted by Crippen LogP contribution is 2.29. The lowest BCUT2D eigenvalue weighted by molar-refractivity contribution is 0.0817. The third kappa shape index (κ3) is 6.66. The molecule has 0 spiro atoms. The van der Waals surface area contributed by atoms with Gasteiger partial charge in [0.25, 0.3) is 0 Å². The molecule has 1 heterocycles. The van der Waals surface area contributed by atoms with Crippen molar-refractivity contribution in [1.82, 2.24) is 9.78 Å². The molecule has 0 bridgehead atoms. The minimum absolute atomic E-state index is 0.0248. The minimum atomic E-state index is -3.06. The van der Waals surface area contributed by atoms with Gasteiger partial charge in [0.1, 0.15) is 6.73 Å². The molecule has 0 fully saturated rings. The van der Waals surface area contributed by atoms with Crippen molar-refractivity contribution in [2.45, 2.75) is 38.2 Å². The van der Waals surface area contributed by atoms with E-state index in [0.717, 1.165) is 45.0 Å². The van der Waals surface area contributed by atoms with E-state index in [4.69, 9.17) is 4.74 Å². The van der Waals surface area contributed by atoms with Crippen molar-refractivity contribution < 1.29 is 13.2 Å². The van der Waals surface area contributed by atoms with Crippen LogP contribution < -0.4 is 5.32 Å². The van der Waals surface area contributed by atoms with Crippen LogP contribution in [0.4, 0.5) is 11.4 Å². The first-order valence-electron chi connectivity index (χ1n) is 9.77. The SMILES string of the molecule is C[Si](C)(C)CCOCn1ncc2cc(Nc3ccc(CS(C)(=O)=O)cc3Br)ccc21. The maximum Gasteiger partial charge on any atom is 0.151 e. The number of ether oxygens (including phenoxy) is 1. The number of benzene rings is 2. The van der Waals surface area contributed by atoms with Gasteiger partial charge in [-0.05, 0) is 57.9 Å². The molecular formula is C21H28BrN3O3SSi. The monoisotopic (exact) mass is 509 g/mol. The second kappa shape index (κ2) is 9.21. The molecule has 0 saturated heterocycles. The van der Waals surface area contributed by atoms with Gasteiger partial charge in [-0.15, -0.1) is 0 Å². The molecule has 2 aromatic carbocycles. The van der Waals surface area contributed by atoms with Gasteiger partial charge in [-0.3, -0.25) is 0 Å². The predicted octanol–water partition coefficient (Wildman–Crippen LogP) is 5.40. The Morgan fingerprint density at radius 1 is 1.17 bits per heavy atom. The molecule has 1 N–H and O–H groups in total. The molecule has 0 amide bonds. The van der Waals surface area contributed by atoms with Gasteiger partial charge < -0.3 is 10.1 Å². The Morgan fingerprint density at radius 2 is 1.93 bits per heavy atom. The van der Waals surface area contributed by atoms with E-state index in [1.165, 1.54) is 6.26 Å². The van der Waals surface area contributed by atoms with Crippen molar-refractivity contribution in [2.24, 2.45) is 0 Å². The number of aromatic nitrogens is 2. The highest BCUT2D eigenvalue weighted by atomic mass is 79.9. The van der Waals surface area contributed by atoms with Gasteiger partial charge in [-0.2, -0.15) is 5.10 Å². The summed E-state index contributed by atoms with van der Waals surface area (Å²) in [7, 11) is -4.16. The topological polar surface area (TPSA) is 73.2 Å². The Bertz CT molecular complexity index is 1140. The summed E-state index contributed by atoms with van der Waals surface area (Å²) in [6, 6.07) is 12.7. The fourth-order valence-corrected chi connectivity index (χ4v) is 5.07. The van der Waals surface area contributed by atoms with Crippen molar-refractivity contribution in [1.29, 1.82) is 0 Å². The van der Waals surface area contributed by atoms with Gasteiger partial charge in [0, 0.05) is 36.5 Å². The second-order valence-electron chi connectivity index (χ2n) is 8.77. The van der Waals surface area contributed by atoms with Crippen LogP contribution in [0.2, 0.25) is 25.7 Å². The third-order valence-corrected chi connectivity index (χ3v) is 7.81. The average Bonchev–Trinajstić information content (AvgIpc) is 3.01. The summed E-state index contributed by atoms with van der Waals surface area (Å²) in [5.74, 6) is 0.0248. The average molecular weight is 511 g/mol. The normalized spacial score (nSPS) is 12.4. The van der Waals surface area contributed by atoms with E-state index in [0.29, 0.717) is 6.73 Å². The summed E-state index contributed by atoms with van der Waals surface area (Å²) in [5.41, 5.74) is 3.57. The number of sulfone groups is 1. The molecule has 0 aliphatic heterocycles. The standard InChI is InChI=1S/C21H28BrN3O3SSi/c1-29(26,27)14-16-5-7-20(19(22)11-16)24-18-6-8-21-17(12-18)13-23-25(21)15-28-9-10-30(2,3)4/h5-8,11-13,24H,9-10,14-15H2,1-4H3. The largest absolute Gasteiger partial charge is 0.360 e. The first-order valence-corrected chi connectivity index (χ1v) is 16.3. The molecule has 0 unspecified atom stereocenters. The summed E-state index contributed by atoms with van der Waals surface area (Å²) in [4.78, 5) is 0. The number of hydrogen-bond donors (Lipinski definition) is 1. The molecule has 0 saturated carbocycles. The fraction of sp³-hybridized carbons (Fsp3) is 0.381. The van der Waals surface area contributed by atoms with Crippen molar-refractivity contribution in [3.63, 3.8) is 0 Å². The third-order valence-electron chi connectivity index (χ3n) is 4.59. The molecule has 9 heteroatoms. The van der Waals surface area contributed by atoms with Crippen LogP contribution in [-0.2, 0) is 27.1 Å². The van der Waals surface area contributed by atoms with E-state index in [1.54, 1.807) is 0 Å². The van der Waals surface area contributed by atoms with Gasteiger partial charge in [0.2, 0.25) is 0 Å². The number of nitrogens with one attached hydrogen (secondary N) is 1. The molecule has 6 nitrogen and oxygen atoms in total. The van der Waals surface area contributed by atoms with Crippen LogP contribution >= 0.6 is 15.9 Å². The number of fused-ring (bicyclic) bond motifs is 1. The van der Waals surface area contributed by atoms with Gasteiger partial charge in [0.15, 0.2) is 9.84 Å². The number of rotatable bonds is 9. The van der Waals surface area contributed by atoms with Gasteiger partial charge >= 0.3 is 0 Å². The Morgan fingerprint density at radius 3 is 2.60 bits per heavy atom. The zero-order chi connectivity index (χ0) is 21.9. The maximum atomic E-state index is 11.5. The lowest BCUT2D eigenvalue weighted by Crippen LogP contribution is -2.22. The smallest absolute Gasteiger partial charge is 0.151 e. The maximum absolute atomic E-state index is 11.5. The van der Waals surface area contributed by atoms with Gasteiger partial charge in [-0.25, -0.2) is 13.1 Å². The highest BCUT2D eigenvalue weighted by molar-refractivity contribution is 9.10. The molecule has 3 aromatic rings. The van der Waals surface area contributed by atoms with Crippen LogP contribution in [0.3, 0.4) is 0 Å². The Kier molecular flexibility index (Phi) is 7.06. The van der Waals surface area contributed by atoms with E-state index in [-0.39, 0.29) is 5.75 Å². The van der Waals surface area contributed by atoms with E-state index in [1.807, 2.05) is 47.3 Å². The Labute approximate surface area is 187 Å². The van der Waals surface area contributed by atoms with Crippen LogP contribution in [-0.4, -0.2) is 39.1 Å². The first kappa shape index (κ1) is 23.0. The van der Waals surface area contributed by atoms with Crippen molar-refractivity contribution >= 4 is 56.1 Å². The van der Waals surface area contributed by atoms with Crippen LogP contribution in [0.5, 0.6) is 0 Å². The van der Waals surface area contributed by atoms with E-state index in [2.05, 4.69) is 46.0 Å².